The van der Waals surface area contributed by atoms with Crippen molar-refractivity contribution in [1.29, 1.82) is 0 Å². The van der Waals surface area contributed by atoms with Crippen LogP contribution in [0.4, 0.5) is 0 Å². The van der Waals surface area contributed by atoms with E-state index in [2.05, 4.69) is 17.6 Å². The summed E-state index contributed by atoms with van der Waals surface area (Å²) in [6.45, 7) is 2.03. The molecule has 0 bridgehead atoms. The summed E-state index contributed by atoms with van der Waals surface area (Å²) in [6.07, 6.45) is 9.79. The van der Waals surface area contributed by atoms with Crippen LogP contribution in [0.5, 0.6) is 0 Å². The summed E-state index contributed by atoms with van der Waals surface area (Å²) in [4.78, 5) is 0. The second-order valence-corrected chi connectivity index (χ2v) is 5.69. The highest BCUT2D eigenvalue weighted by Gasteiger charge is 2.19. The Morgan fingerprint density at radius 1 is 1.21 bits per heavy atom. The molecule has 2 rings (SSSR count). The molecule has 1 unspecified atom stereocenters. The van der Waals surface area contributed by atoms with E-state index in [9.17, 15) is 0 Å². The van der Waals surface area contributed by atoms with Gasteiger partial charge in [0.05, 0.1) is 6.04 Å². The molecule has 0 amide bonds. The van der Waals surface area contributed by atoms with Gasteiger partial charge in [-0.15, -0.1) is 0 Å². The molecule has 1 aliphatic rings. The third-order valence-electron chi connectivity index (χ3n) is 3.90. The smallest absolute Gasteiger partial charge is 0.0684 e. The van der Waals surface area contributed by atoms with Crippen LogP contribution in [0.1, 0.15) is 55.7 Å². The van der Waals surface area contributed by atoms with Crippen molar-refractivity contribution in [3.63, 3.8) is 0 Å². The Hall–Kier alpha value is -0.830. The Bertz CT molecular complexity index is 454. The molecule has 0 aromatic heterocycles. The number of hydrogen-bond donors (Lipinski definition) is 2. The fourth-order valence-corrected chi connectivity index (χ4v) is 3.00. The van der Waals surface area contributed by atoms with E-state index in [0.29, 0.717) is 0 Å². The van der Waals surface area contributed by atoms with Crippen molar-refractivity contribution in [2.45, 2.75) is 51.5 Å². The zero-order chi connectivity index (χ0) is 13.7. The van der Waals surface area contributed by atoms with Crippen LogP contribution < -0.4 is 11.3 Å². The Labute approximate surface area is 121 Å². The van der Waals surface area contributed by atoms with Gasteiger partial charge in [0.2, 0.25) is 0 Å². The molecule has 1 aliphatic carbocycles. The van der Waals surface area contributed by atoms with Gasteiger partial charge in [0.15, 0.2) is 0 Å². The van der Waals surface area contributed by atoms with Crippen LogP contribution in [0.25, 0.3) is 0 Å². The molecule has 0 aliphatic heterocycles. The van der Waals surface area contributed by atoms with Crippen molar-refractivity contribution in [3.8, 4) is 0 Å². The monoisotopic (exact) mass is 278 g/mol. The zero-order valence-electron chi connectivity index (χ0n) is 11.6. The minimum absolute atomic E-state index is 0.0468. The Kier molecular flexibility index (Phi) is 5.44. The molecule has 0 saturated carbocycles. The first kappa shape index (κ1) is 14.6. The number of aryl methyl sites for hydroxylation is 1. The third kappa shape index (κ3) is 3.59. The zero-order valence-corrected chi connectivity index (χ0v) is 12.3. The maximum atomic E-state index is 6.44. The number of benzene rings is 1. The molecular formula is C16H23ClN2. The molecule has 104 valence electrons. The van der Waals surface area contributed by atoms with Gasteiger partial charge in [-0.3, -0.25) is 5.84 Å². The SMILES string of the molecule is Cc1cccc(C(NN)/C2=C/CCCCCC2)c1Cl. The van der Waals surface area contributed by atoms with E-state index in [0.717, 1.165) is 29.0 Å². The average Bonchev–Trinajstić information content (AvgIpc) is 2.37. The minimum Gasteiger partial charge on any atom is -0.271 e. The van der Waals surface area contributed by atoms with Gasteiger partial charge in [0, 0.05) is 5.02 Å². The summed E-state index contributed by atoms with van der Waals surface area (Å²) in [6, 6.07) is 6.20. The predicted octanol–water partition coefficient (Wildman–Crippen LogP) is 4.43. The summed E-state index contributed by atoms with van der Waals surface area (Å²) < 4.78 is 0. The molecule has 3 N–H and O–H groups in total. The molecule has 1 aromatic carbocycles. The quantitative estimate of drug-likeness (QED) is 0.487. The maximum absolute atomic E-state index is 6.44. The van der Waals surface area contributed by atoms with Crippen LogP contribution in [0.2, 0.25) is 5.02 Å². The van der Waals surface area contributed by atoms with E-state index in [1.165, 1.54) is 31.3 Å². The molecule has 0 heterocycles. The second-order valence-electron chi connectivity index (χ2n) is 5.31. The number of nitrogens with two attached hydrogens (primary N) is 1. The van der Waals surface area contributed by atoms with Crippen molar-refractivity contribution < 1.29 is 0 Å². The van der Waals surface area contributed by atoms with Crippen LogP contribution >= 0.6 is 11.6 Å². The topological polar surface area (TPSA) is 38.0 Å². The van der Waals surface area contributed by atoms with Gasteiger partial charge in [0.25, 0.3) is 0 Å². The summed E-state index contributed by atoms with van der Waals surface area (Å²) >= 11 is 6.44. The first-order chi connectivity index (χ1) is 9.24. The van der Waals surface area contributed by atoms with E-state index in [1.54, 1.807) is 0 Å². The second kappa shape index (κ2) is 7.09. The Morgan fingerprint density at radius 3 is 2.79 bits per heavy atom. The summed E-state index contributed by atoms with van der Waals surface area (Å²) in [5.41, 5.74) is 6.53. The number of nitrogens with one attached hydrogen (secondary N) is 1. The maximum Gasteiger partial charge on any atom is 0.0684 e. The minimum atomic E-state index is 0.0468. The number of allylic oxidation sites excluding steroid dienone is 1. The Balaban J connectivity index is 2.30. The number of hydrogen-bond acceptors (Lipinski definition) is 2. The van der Waals surface area contributed by atoms with Crippen LogP contribution in [0.15, 0.2) is 29.8 Å². The van der Waals surface area contributed by atoms with E-state index in [4.69, 9.17) is 17.4 Å². The van der Waals surface area contributed by atoms with Crippen LogP contribution in [0.3, 0.4) is 0 Å². The van der Waals surface area contributed by atoms with Gasteiger partial charge < -0.3 is 0 Å². The normalized spacial score (nSPS) is 21.1. The van der Waals surface area contributed by atoms with Crippen molar-refractivity contribution >= 4 is 11.6 Å². The highest BCUT2D eigenvalue weighted by atomic mass is 35.5. The number of rotatable bonds is 3. The van der Waals surface area contributed by atoms with E-state index >= 15 is 0 Å². The fourth-order valence-electron chi connectivity index (χ4n) is 2.77. The highest BCUT2D eigenvalue weighted by Crippen LogP contribution is 2.33. The highest BCUT2D eigenvalue weighted by molar-refractivity contribution is 6.32. The van der Waals surface area contributed by atoms with Gasteiger partial charge in [-0.05, 0) is 43.7 Å². The van der Waals surface area contributed by atoms with E-state index < -0.39 is 0 Å². The van der Waals surface area contributed by atoms with Crippen molar-refractivity contribution in [3.05, 3.63) is 46.0 Å². The van der Waals surface area contributed by atoms with Crippen LogP contribution in [0, 0.1) is 6.92 Å². The molecule has 2 nitrogen and oxygen atoms in total. The first-order valence-corrected chi connectivity index (χ1v) is 7.52. The number of hydrazine groups is 1. The summed E-state index contributed by atoms with van der Waals surface area (Å²) in [7, 11) is 0. The van der Waals surface area contributed by atoms with Gasteiger partial charge in [-0.25, -0.2) is 5.43 Å². The molecule has 1 aromatic rings. The lowest BCUT2D eigenvalue weighted by atomic mass is 9.90. The molecule has 19 heavy (non-hydrogen) atoms. The number of halogens is 1. The lowest BCUT2D eigenvalue weighted by molar-refractivity contribution is 0.555. The first-order valence-electron chi connectivity index (χ1n) is 7.14. The summed E-state index contributed by atoms with van der Waals surface area (Å²) in [5, 5.41) is 0.827. The van der Waals surface area contributed by atoms with Crippen molar-refractivity contribution in [2.24, 2.45) is 5.84 Å². The van der Waals surface area contributed by atoms with Crippen LogP contribution in [-0.4, -0.2) is 0 Å². The van der Waals surface area contributed by atoms with Crippen molar-refractivity contribution in [1.82, 2.24) is 5.43 Å². The van der Waals surface area contributed by atoms with Crippen LogP contribution in [-0.2, 0) is 0 Å². The van der Waals surface area contributed by atoms with Gasteiger partial charge in [-0.1, -0.05) is 54.3 Å². The molecule has 3 heteroatoms. The fraction of sp³-hybridized carbons (Fsp3) is 0.500. The largest absolute Gasteiger partial charge is 0.271 e. The molecule has 0 fully saturated rings. The standard InChI is InChI=1S/C16H23ClN2/c1-12-8-7-11-14(15(12)17)16(19-18)13-9-5-3-2-4-6-10-13/h7-9,11,16,19H,2-6,10,18H2,1H3/b13-9+. The molecule has 0 radical (unpaired) electrons. The van der Waals surface area contributed by atoms with E-state index in [1.807, 2.05) is 19.1 Å². The molecule has 0 saturated heterocycles. The van der Waals surface area contributed by atoms with E-state index in [-0.39, 0.29) is 6.04 Å². The predicted molar refractivity (Wildman–Crippen MR) is 82.0 cm³/mol. The van der Waals surface area contributed by atoms with Gasteiger partial charge >= 0.3 is 0 Å². The van der Waals surface area contributed by atoms with Gasteiger partial charge in [-0.2, -0.15) is 0 Å². The van der Waals surface area contributed by atoms with Crippen molar-refractivity contribution in [2.75, 3.05) is 0 Å². The lowest BCUT2D eigenvalue weighted by Crippen LogP contribution is -2.30. The lowest BCUT2D eigenvalue weighted by Gasteiger charge is -2.23. The van der Waals surface area contributed by atoms with Gasteiger partial charge in [0.1, 0.15) is 0 Å². The molecule has 1 atom stereocenters. The third-order valence-corrected chi connectivity index (χ3v) is 4.41. The summed E-state index contributed by atoms with van der Waals surface area (Å²) in [5.74, 6) is 5.80. The Morgan fingerprint density at radius 2 is 2.00 bits per heavy atom. The molecular weight excluding hydrogens is 256 g/mol. The average molecular weight is 279 g/mol. The molecule has 0 spiro atoms.